The Kier molecular flexibility index (Phi) is 9.02. The van der Waals surface area contributed by atoms with E-state index in [-0.39, 0.29) is 11.9 Å². The van der Waals surface area contributed by atoms with Crippen LogP contribution in [0, 0.1) is 0 Å². The smallest absolute Gasteiger partial charge is 0.459 e. The number of nitrogens with one attached hydrogen (secondary N) is 2. The number of esters is 1. The largest absolute Gasteiger partial charge is 0.461 e. The van der Waals surface area contributed by atoms with Crippen molar-refractivity contribution in [2.24, 2.45) is 0 Å². The molecule has 13 nitrogen and oxygen atoms in total. The van der Waals surface area contributed by atoms with E-state index in [2.05, 4.69) is 16.7 Å². The van der Waals surface area contributed by atoms with Crippen LogP contribution in [0.5, 0.6) is 5.75 Å². The number of nitrogens with zero attached hydrogens (tertiary/aromatic N) is 1. The fourth-order valence-electron chi connectivity index (χ4n) is 5.25. The molecule has 1 aliphatic heterocycles. The van der Waals surface area contributed by atoms with E-state index in [9.17, 15) is 29.2 Å². The molecule has 2 aromatic carbocycles. The summed E-state index contributed by atoms with van der Waals surface area (Å²) in [5.74, 6) is -0.440. The van der Waals surface area contributed by atoms with Crippen molar-refractivity contribution in [1.82, 2.24) is 14.6 Å². The minimum absolute atomic E-state index is 0.198. The average molecular weight is 616 g/mol. The first kappa shape index (κ1) is 30.9. The second-order valence-corrected chi connectivity index (χ2v) is 12.3. The summed E-state index contributed by atoms with van der Waals surface area (Å²) in [6.45, 7) is 4.48. The second kappa shape index (κ2) is 12.6. The number of rotatable bonds is 11. The summed E-state index contributed by atoms with van der Waals surface area (Å²) in [6.07, 6.45) is 0.611. The van der Waals surface area contributed by atoms with E-state index in [1.54, 1.807) is 24.3 Å². The van der Waals surface area contributed by atoms with Gasteiger partial charge in [-0.25, -0.2) is 9.36 Å². The molecule has 0 spiro atoms. The van der Waals surface area contributed by atoms with Crippen LogP contribution in [0.4, 0.5) is 0 Å². The highest BCUT2D eigenvalue weighted by molar-refractivity contribution is 7.52. The zero-order valence-corrected chi connectivity index (χ0v) is 24.4. The first-order chi connectivity index (χ1) is 20.5. The standard InChI is InChI=1S/C29H34N3O10P/c1-3-29(25(35)24(34)26(41-29)32-16-15-23(33)30-28(32)37)17-39-43(38,31-18(2)27(36)40-20-11-5-6-12-20)42-22-14-8-10-19-9-4-7-13-21(19)22/h3-4,7-10,13-16,18,20,24-26,34-35H,1,5-6,11-12,17H2,2H3,(H,31,38)(H,30,33,37)/t18-,24+,25-,26+,29+,43?/m0/s1. The van der Waals surface area contributed by atoms with Crippen LogP contribution in [0.25, 0.3) is 10.8 Å². The normalized spacial score (nSPS) is 26.2. The van der Waals surface area contributed by atoms with Gasteiger partial charge < -0.3 is 24.2 Å². The highest BCUT2D eigenvalue weighted by Crippen LogP contribution is 2.49. The number of hydrogen-bond donors (Lipinski definition) is 4. The van der Waals surface area contributed by atoms with Gasteiger partial charge in [-0.1, -0.05) is 42.5 Å². The van der Waals surface area contributed by atoms with Crippen molar-refractivity contribution < 1.29 is 38.1 Å². The van der Waals surface area contributed by atoms with E-state index in [1.165, 1.54) is 6.92 Å². The molecule has 1 aliphatic carbocycles. The maximum absolute atomic E-state index is 14.3. The number of fused-ring (bicyclic) bond motifs is 1. The van der Waals surface area contributed by atoms with E-state index in [4.69, 9.17) is 18.5 Å². The molecule has 2 heterocycles. The molecule has 43 heavy (non-hydrogen) atoms. The van der Waals surface area contributed by atoms with E-state index in [1.807, 2.05) is 18.2 Å². The van der Waals surface area contributed by atoms with Crippen LogP contribution >= 0.6 is 7.75 Å². The maximum atomic E-state index is 14.3. The van der Waals surface area contributed by atoms with Crippen molar-refractivity contribution in [2.45, 2.75) is 68.8 Å². The van der Waals surface area contributed by atoms with Crippen LogP contribution in [-0.4, -0.2) is 62.3 Å². The van der Waals surface area contributed by atoms with Gasteiger partial charge in [-0.2, -0.15) is 5.09 Å². The molecule has 0 bridgehead atoms. The van der Waals surface area contributed by atoms with Crippen molar-refractivity contribution in [2.75, 3.05) is 6.61 Å². The van der Waals surface area contributed by atoms with Gasteiger partial charge in [-0.15, -0.1) is 6.58 Å². The maximum Gasteiger partial charge on any atom is 0.459 e. The third-order valence-electron chi connectivity index (χ3n) is 7.65. The van der Waals surface area contributed by atoms with Gasteiger partial charge in [0.25, 0.3) is 5.56 Å². The summed E-state index contributed by atoms with van der Waals surface area (Å²) in [5, 5.41) is 25.9. The molecule has 4 N–H and O–H groups in total. The number of ether oxygens (including phenoxy) is 2. The number of hydrogen-bond acceptors (Lipinski definition) is 10. The van der Waals surface area contributed by atoms with Crippen LogP contribution in [-0.2, 0) is 23.4 Å². The highest BCUT2D eigenvalue weighted by Gasteiger charge is 2.55. The molecule has 1 saturated heterocycles. The summed E-state index contributed by atoms with van der Waals surface area (Å²) in [4.78, 5) is 38.8. The number of aliphatic hydroxyl groups is 2. The SMILES string of the molecule is C=C[C@]1(COP(=O)(N[C@@H](C)C(=O)OC2CCCC2)Oc2cccc3ccccc23)O[C@@H](n2ccc(=O)[nH]c2=O)[C@H](O)[C@@H]1O. The first-order valence-corrected chi connectivity index (χ1v) is 15.5. The number of aromatic amines is 1. The number of H-pyrrole nitrogens is 1. The number of carbonyl (C=O) groups excluding carboxylic acids is 1. The topological polar surface area (TPSA) is 178 Å². The lowest BCUT2D eigenvalue weighted by Gasteiger charge is -2.31. The minimum Gasteiger partial charge on any atom is -0.461 e. The van der Waals surface area contributed by atoms with Gasteiger partial charge >= 0.3 is 19.4 Å². The molecule has 1 aromatic heterocycles. The van der Waals surface area contributed by atoms with Gasteiger partial charge in [-0.05, 0) is 44.1 Å². The van der Waals surface area contributed by atoms with Crippen molar-refractivity contribution in [3.63, 3.8) is 0 Å². The Labute approximate surface area is 246 Å². The molecule has 2 fully saturated rings. The van der Waals surface area contributed by atoms with Crippen LogP contribution < -0.4 is 20.9 Å². The van der Waals surface area contributed by atoms with E-state index < -0.39 is 61.7 Å². The van der Waals surface area contributed by atoms with E-state index in [0.717, 1.165) is 54.0 Å². The van der Waals surface area contributed by atoms with Gasteiger partial charge in [0.1, 0.15) is 35.7 Å². The van der Waals surface area contributed by atoms with Crippen LogP contribution in [0.1, 0.15) is 38.8 Å². The van der Waals surface area contributed by atoms with Gasteiger partial charge in [0.15, 0.2) is 6.23 Å². The Balaban J connectivity index is 1.42. The Bertz CT molecular complexity index is 1650. The third kappa shape index (κ3) is 6.52. The molecule has 14 heteroatoms. The summed E-state index contributed by atoms with van der Waals surface area (Å²) < 4.78 is 38.4. The Morgan fingerprint density at radius 3 is 2.65 bits per heavy atom. The molecule has 0 amide bonds. The molecule has 5 rings (SSSR count). The van der Waals surface area contributed by atoms with Crippen LogP contribution in [0.15, 0.2) is 77.0 Å². The fourth-order valence-corrected chi connectivity index (χ4v) is 6.80. The second-order valence-electron chi connectivity index (χ2n) is 10.7. The summed E-state index contributed by atoms with van der Waals surface area (Å²) in [5.41, 5.74) is -3.43. The van der Waals surface area contributed by atoms with Gasteiger partial charge in [0.05, 0.1) is 6.61 Å². The first-order valence-electron chi connectivity index (χ1n) is 13.9. The van der Waals surface area contributed by atoms with E-state index >= 15 is 0 Å². The predicted octanol–water partition coefficient (Wildman–Crippen LogP) is 2.53. The van der Waals surface area contributed by atoms with Crippen molar-refractivity contribution in [3.05, 3.63) is 88.2 Å². The monoisotopic (exact) mass is 615 g/mol. The molecular formula is C29H34N3O10P. The number of aliphatic hydroxyl groups excluding tert-OH is 2. The Morgan fingerprint density at radius 2 is 1.93 bits per heavy atom. The van der Waals surface area contributed by atoms with E-state index in [0.29, 0.717) is 5.39 Å². The van der Waals surface area contributed by atoms with Crippen molar-refractivity contribution >= 4 is 24.5 Å². The molecule has 6 atom stereocenters. The molecular weight excluding hydrogens is 581 g/mol. The summed E-state index contributed by atoms with van der Waals surface area (Å²) in [7, 11) is -4.45. The number of benzene rings is 2. The number of carbonyl (C=O) groups is 1. The molecule has 3 aromatic rings. The van der Waals surface area contributed by atoms with Crippen LogP contribution in [0.3, 0.4) is 0 Å². The zero-order valence-electron chi connectivity index (χ0n) is 23.5. The molecule has 1 unspecified atom stereocenters. The lowest BCUT2D eigenvalue weighted by atomic mass is 9.96. The van der Waals surface area contributed by atoms with Crippen molar-refractivity contribution in [1.29, 1.82) is 0 Å². The average Bonchev–Trinajstić information content (AvgIpc) is 3.59. The highest BCUT2D eigenvalue weighted by atomic mass is 31.2. The number of aromatic nitrogens is 2. The Morgan fingerprint density at radius 1 is 1.21 bits per heavy atom. The third-order valence-corrected chi connectivity index (χ3v) is 9.26. The molecule has 230 valence electrons. The minimum atomic E-state index is -4.45. The lowest BCUT2D eigenvalue weighted by Crippen LogP contribution is -2.46. The van der Waals surface area contributed by atoms with Crippen molar-refractivity contribution in [3.8, 4) is 5.75 Å². The van der Waals surface area contributed by atoms with Gasteiger partial charge in [0.2, 0.25) is 0 Å². The quantitative estimate of drug-likeness (QED) is 0.142. The molecule has 1 saturated carbocycles. The summed E-state index contributed by atoms with van der Waals surface area (Å²) >= 11 is 0. The zero-order chi connectivity index (χ0) is 30.8. The summed E-state index contributed by atoms with van der Waals surface area (Å²) in [6, 6.07) is 12.3. The molecule has 0 radical (unpaired) electrons. The van der Waals surface area contributed by atoms with Crippen LogP contribution in [0.2, 0.25) is 0 Å². The predicted molar refractivity (Wildman–Crippen MR) is 155 cm³/mol. The molecule has 2 aliphatic rings. The fraction of sp³-hybridized carbons (Fsp3) is 0.414. The lowest BCUT2D eigenvalue weighted by molar-refractivity contribution is -0.150. The Hall–Kier alpha value is -3.58. The van der Waals surface area contributed by atoms with Gasteiger partial charge in [0, 0.05) is 17.6 Å². The van der Waals surface area contributed by atoms with Gasteiger partial charge in [-0.3, -0.25) is 23.7 Å².